The van der Waals surface area contributed by atoms with Crippen LogP contribution in [0.15, 0.2) is 77.7 Å². The van der Waals surface area contributed by atoms with Crippen molar-refractivity contribution in [2.45, 2.75) is 24.4 Å². The third-order valence-corrected chi connectivity index (χ3v) is 8.26. The highest BCUT2D eigenvalue weighted by Gasteiger charge is 2.33. The molecule has 0 aliphatic heterocycles. The lowest BCUT2D eigenvalue weighted by Gasteiger charge is -2.32. The molecule has 38 heavy (non-hydrogen) atoms. The fraction of sp³-hybridized carbons (Fsp3) is 0.200. The van der Waals surface area contributed by atoms with Crippen LogP contribution in [0.1, 0.15) is 12.5 Å². The molecule has 1 N–H and O–H groups in total. The van der Waals surface area contributed by atoms with E-state index in [2.05, 4.69) is 5.32 Å². The van der Waals surface area contributed by atoms with Gasteiger partial charge in [-0.15, -0.1) is 0 Å². The minimum absolute atomic E-state index is 0.0242. The molecule has 0 saturated heterocycles. The number of likely N-dealkylation sites (N-methyl/N-ethyl adjacent to an activating group) is 1. The number of amides is 2. The lowest BCUT2D eigenvalue weighted by Crippen LogP contribution is -2.50. The number of carbonyl (C=O) groups is 2. The fourth-order valence-electron chi connectivity index (χ4n) is 3.63. The van der Waals surface area contributed by atoms with Crippen LogP contribution in [0.5, 0.6) is 0 Å². The van der Waals surface area contributed by atoms with Gasteiger partial charge in [0.05, 0.1) is 15.5 Å². The fourth-order valence-corrected chi connectivity index (χ4v) is 5.59. The molecule has 3 aromatic rings. The van der Waals surface area contributed by atoms with E-state index in [9.17, 15) is 28.1 Å². The van der Waals surface area contributed by atoms with Gasteiger partial charge in [0.2, 0.25) is 11.8 Å². The number of nitrogens with zero attached hydrogens (tertiary/aromatic N) is 3. The second-order valence-electron chi connectivity index (χ2n) is 8.11. The molecule has 10 nitrogen and oxygen atoms in total. The molecule has 0 unspecified atom stereocenters. The predicted octanol–water partition coefficient (Wildman–Crippen LogP) is 4.26. The van der Waals surface area contributed by atoms with Gasteiger partial charge < -0.3 is 10.2 Å². The second-order valence-corrected chi connectivity index (χ2v) is 10.8. The summed E-state index contributed by atoms with van der Waals surface area (Å²) in [5, 5.41) is 14.1. The van der Waals surface area contributed by atoms with Crippen molar-refractivity contribution in [1.82, 2.24) is 10.2 Å². The smallest absolute Gasteiger partial charge is 0.269 e. The average molecular weight is 579 g/mol. The van der Waals surface area contributed by atoms with Gasteiger partial charge in [-0.05, 0) is 43.3 Å². The Morgan fingerprint density at radius 3 is 2.08 bits per heavy atom. The third-order valence-electron chi connectivity index (χ3n) is 5.76. The average Bonchev–Trinajstić information content (AvgIpc) is 2.91. The van der Waals surface area contributed by atoms with Crippen LogP contribution < -0.4 is 9.62 Å². The number of hydrogen-bond donors (Lipinski definition) is 1. The second kappa shape index (κ2) is 12.2. The topological polar surface area (TPSA) is 130 Å². The molecule has 2 amide bonds. The Morgan fingerprint density at radius 1 is 0.974 bits per heavy atom. The molecule has 0 spiro atoms. The maximum Gasteiger partial charge on any atom is 0.269 e. The van der Waals surface area contributed by atoms with Gasteiger partial charge in [-0.25, -0.2) is 8.42 Å². The molecule has 200 valence electrons. The molecule has 3 rings (SSSR count). The van der Waals surface area contributed by atoms with Crippen LogP contribution in [-0.2, 0) is 26.2 Å². The molecule has 0 aliphatic carbocycles. The number of nitro benzene ring substituents is 1. The van der Waals surface area contributed by atoms with E-state index >= 15 is 0 Å². The Labute approximate surface area is 230 Å². The number of benzene rings is 3. The molecular formula is C25H24Cl2N4O6S. The number of nitrogens with one attached hydrogen (secondary N) is 1. The van der Waals surface area contributed by atoms with E-state index in [1.165, 1.54) is 55.3 Å². The zero-order valence-corrected chi connectivity index (χ0v) is 22.7. The Morgan fingerprint density at radius 2 is 1.55 bits per heavy atom. The Bertz CT molecular complexity index is 1420. The van der Waals surface area contributed by atoms with Crippen molar-refractivity contribution in [3.05, 3.63) is 98.5 Å². The van der Waals surface area contributed by atoms with Crippen LogP contribution in [0, 0.1) is 10.1 Å². The van der Waals surface area contributed by atoms with Crippen molar-refractivity contribution >= 4 is 56.4 Å². The SMILES string of the molecule is CNC(=O)[C@H](C)N(Cc1c(Cl)cccc1Cl)C(=O)CN(c1ccc([N+](=O)[O-])cc1)S(=O)(=O)c1ccccc1. The van der Waals surface area contributed by atoms with Gasteiger partial charge in [0.25, 0.3) is 15.7 Å². The van der Waals surface area contributed by atoms with Gasteiger partial charge in [-0.1, -0.05) is 47.5 Å². The van der Waals surface area contributed by atoms with E-state index in [0.717, 1.165) is 16.4 Å². The molecule has 3 aromatic carbocycles. The quantitative estimate of drug-likeness (QED) is 0.282. The number of carbonyl (C=O) groups excluding carboxylic acids is 2. The number of rotatable bonds is 10. The highest BCUT2D eigenvalue weighted by atomic mass is 35.5. The molecule has 0 fully saturated rings. The van der Waals surface area contributed by atoms with E-state index in [1.54, 1.807) is 24.3 Å². The van der Waals surface area contributed by atoms with Crippen LogP contribution in [0.2, 0.25) is 10.0 Å². The summed E-state index contributed by atoms with van der Waals surface area (Å²) in [6.45, 7) is 0.604. The first-order valence-electron chi connectivity index (χ1n) is 11.2. The number of non-ortho nitro benzene ring substituents is 1. The summed E-state index contributed by atoms with van der Waals surface area (Å²) < 4.78 is 28.1. The normalized spacial score (nSPS) is 11.9. The third kappa shape index (κ3) is 6.42. The number of halogens is 2. The summed E-state index contributed by atoms with van der Waals surface area (Å²) in [6, 6.07) is 16.0. The van der Waals surface area contributed by atoms with Gasteiger partial charge >= 0.3 is 0 Å². The van der Waals surface area contributed by atoms with E-state index < -0.39 is 39.3 Å². The predicted molar refractivity (Wildman–Crippen MR) is 145 cm³/mol. The molecule has 1 atom stereocenters. The summed E-state index contributed by atoms with van der Waals surface area (Å²) in [5.41, 5.74) is 0.157. The highest BCUT2D eigenvalue weighted by Crippen LogP contribution is 2.29. The van der Waals surface area contributed by atoms with Crippen molar-refractivity contribution in [3.8, 4) is 0 Å². The summed E-state index contributed by atoms with van der Waals surface area (Å²) >= 11 is 12.6. The number of anilines is 1. The molecule has 0 heterocycles. The van der Waals surface area contributed by atoms with E-state index in [1.807, 2.05) is 0 Å². The van der Waals surface area contributed by atoms with Gasteiger partial charge in [0.1, 0.15) is 12.6 Å². The summed E-state index contributed by atoms with van der Waals surface area (Å²) in [6.07, 6.45) is 0. The van der Waals surface area contributed by atoms with Gasteiger partial charge in [0.15, 0.2) is 0 Å². The maximum atomic E-state index is 13.7. The van der Waals surface area contributed by atoms with Gasteiger partial charge in [-0.2, -0.15) is 0 Å². The standard InChI is InChI=1S/C25H24Cl2N4O6S/c1-17(25(33)28-2)29(15-21-22(26)9-6-10-23(21)27)24(32)16-30(18-11-13-19(14-12-18)31(34)35)38(36,37)20-7-4-3-5-8-20/h3-14,17H,15-16H2,1-2H3,(H,28,33)/t17-/m0/s1. The molecule has 0 aromatic heterocycles. The first-order valence-corrected chi connectivity index (χ1v) is 13.4. The van der Waals surface area contributed by atoms with E-state index in [-0.39, 0.29) is 32.9 Å². The first-order chi connectivity index (χ1) is 18.0. The zero-order chi connectivity index (χ0) is 28.0. The minimum Gasteiger partial charge on any atom is -0.357 e. The number of nitro groups is 1. The molecule has 0 radical (unpaired) electrons. The summed E-state index contributed by atoms with van der Waals surface area (Å²) in [4.78, 5) is 37.8. The van der Waals surface area contributed by atoms with E-state index in [0.29, 0.717) is 5.56 Å². The van der Waals surface area contributed by atoms with Crippen LogP contribution >= 0.6 is 23.2 Å². The van der Waals surface area contributed by atoms with Crippen molar-refractivity contribution in [1.29, 1.82) is 0 Å². The molecule has 13 heteroatoms. The van der Waals surface area contributed by atoms with Crippen molar-refractivity contribution in [2.24, 2.45) is 0 Å². The zero-order valence-electron chi connectivity index (χ0n) is 20.4. The molecular weight excluding hydrogens is 555 g/mol. The Kier molecular flexibility index (Phi) is 9.31. The first kappa shape index (κ1) is 28.9. The number of sulfonamides is 1. The van der Waals surface area contributed by atoms with Crippen LogP contribution in [0.25, 0.3) is 0 Å². The highest BCUT2D eigenvalue weighted by molar-refractivity contribution is 7.92. The summed E-state index contributed by atoms with van der Waals surface area (Å²) in [7, 11) is -2.88. The lowest BCUT2D eigenvalue weighted by atomic mass is 10.1. The molecule has 0 bridgehead atoms. The van der Waals surface area contributed by atoms with Crippen LogP contribution in [0.3, 0.4) is 0 Å². The van der Waals surface area contributed by atoms with E-state index in [4.69, 9.17) is 23.2 Å². The Balaban J connectivity index is 2.07. The van der Waals surface area contributed by atoms with Gasteiger partial charge in [0, 0.05) is 41.3 Å². The Hall–Kier alpha value is -3.67. The van der Waals surface area contributed by atoms with Crippen molar-refractivity contribution in [3.63, 3.8) is 0 Å². The monoisotopic (exact) mass is 578 g/mol. The molecule has 0 saturated carbocycles. The lowest BCUT2D eigenvalue weighted by molar-refractivity contribution is -0.384. The minimum atomic E-state index is -4.29. The van der Waals surface area contributed by atoms with Crippen molar-refractivity contribution in [2.75, 3.05) is 17.9 Å². The van der Waals surface area contributed by atoms with Crippen molar-refractivity contribution < 1.29 is 22.9 Å². The molecule has 0 aliphatic rings. The van der Waals surface area contributed by atoms with Crippen LogP contribution in [0.4, 0.5) is 11.4 Å². The van der Waals surface area contributed by atoms with Crippen LogP contribution in [-0.4, -0.2) is 49.7 Å². The maximum absolute atomic E-state index is 13.7. The van der Waals surface area contributed by atoms with Gasteiger partial charge in [-0.3, -0.25) is 24.0 Å². The largest absolute Gasteiger partial charge is 0.357 e. The number of hydrogen-bond acceptors (Lipinski definition) is 6. The summed E-state index contributed by atoms with van der Waals surface area (Å²) in [5.74, 6) is -1.22.